The smallest absolute Gasteiger partial charge is 0.300 e. The van der Waals surface area contributed by atoms with Crippen LogP contribution in [-0.2, 0) is 9.59 Å². The first kappa shape index (κ1) is 25.9. The lowest BCUT2D eigenvalue weighted by Crippen LogP contribution is -2.29. The number of halogens is 1. The molecule has 3 aromatic rings. The summed E-state index contributed by atoms with van der Waals surface area (Å²) >= 11 is 6.36. The van der Waals surface area contributed by atoms with E-state index in [1.807, 2.05) is 43.3 Å². The number of ether oxygens (including phenoxy) is 3. The second-order valence-electron chi connectivity index (χ2n) is 8.54. The number of carbonyl (C=O) groups is 2. The van der Waals surface area contributed by atoms with Crippen molar-refractivity contribution in [2.75, 3.05) is 45.2 Å². The Balaban J connectivity index is 1.95. The maximum atomic E-state index is 13.5. The molecule has 1 N–H and O–H groups in total. The SMILES string of the molecule is COc1ccc(/C(O)=C2/C(=O)C(=O)N(c3ccc(OC)c(Cl)c3)C2c2ccc(N(C)C)cc2)c(OC)c1. The lowest BCUT2D eigenvalue weighted by atomic mass is 9.94. The zero-order chi connectivity index (χ0) is 26.9. The molecule has 192 valence electrons. The second-order valence-corrected chi connectivity index (χ2v) is 8.95. The molecule has 37 heavy (non-hydrogen) atoms. The highest BCUT2D eigenvalue weighted by molar-refractivity contribution is 6.52. The third kappa shape index (κ3) is 4.68. The normalized spacial score (nSPS) is 16.6. The van der Waals surface area contributed by atoms with Crippen LogP contribution >= 0.6 is 11.6 Å². The van der Waals surface area contributed by atoms with Crippen molar-refractivity contribution in [2.24, 2.45) is 0 Å². The minimum absolute atomic E-state index is 0.0713. The van der Waals surface area contributed by atoms with Crippen molar-refractivity contribution in [1.29, 1.82) is 0 Å². The molecule has 0 radical (unpaired) electrons. The molecule has 1 amide bonds. The first-order valence-corrected chi connectivity index (χ1v) is 11.7. The van der Waals surface area contributed by atoms with Gasteiger partial charge in [-0.1, -0.05) is 23.7 Å². The van der Waals surface area contributed by atoms with Crippen LogP contribution < -0.4 is 24.0 Å². The molecule has 1 aliphatic rings. The number of nitrogens with zero attached hydrogens (tertiary/aromatic N) is 2. The van der Waals surface area contributed by atoms with E-state index in [1.165, 1.54) is 26.2 Å². The van der Waals surface area contributed by atoms with E-state index in [0.29, 0.717) is 22.7 Å². The van der Waals surface area contributed by atoms with Crippen LogP contribution in [0.25, 0.3) is 5.76 Å². The van der Waals surface area contributed by atoms with Crippen LogP contribution in [0.1, 0.15) is 17.2 Å². The van der Waals surface area contributed by atoms with Crippen molar-refractivity contribution >= 4 is 40.4 Å². The van der Waals surface area contributed by atoms with Gasteiger partial charge in [0.2, 0.25) is 0 Å². The first-order valence-electron chi connectivity index (χ1n) is 11.4. The number of hydrogen-bond acceptors (Lipinski definition) is 7. The average molecular weight is 523 g/mol. The number of methoxy groups -OCH3 is 3. The van der Waals surface area contributed by atoms with Gasteiger partial charge in [0.1, 0.15) is 23.0 Å². The quantitative estimate of drug-likeness (QED) is 0.263. The van der Waals surface area contributed by atoms with Crippen LogP contribution in [0.5, 0.6) is 17.2 Å². The summed E-state index contributed by atoms with van der Waals surface area (Å²) < 4.78 is 15.9. The minimum Gasteiger partial charge on any atom is -0.507 e. The van der Waals surface area contributed by atoms with Gasteiger partial charge in [-0.25, -0.2) is 0 Å². The summed E-state index contributed by atoms with van der Waals surface area (Å²) in [7, 11) is 8.27. The van der Waals surface area contributed by atoms with Crippen LogP contribution in [0.2, 0.25) is 5.02 Å². The molecule has 0 bridgehead atoms. The van der Waals surface area contributed by atoms with Gasteiger partial charge in [0.05, 0.1) is 43.5 Å². The van der Waals surface area contributed by atoms with Gasteiger partial charge in [-0.05, 0) is 48.0 Å². The molecule has 0 saturated carbocycles. The Labute approximate surface area is 220 Å². The van der Waals surface area contributed by atoms with Crippen LogP contribution in [0.4, 0.5) is 11.4 Å². The summed E-state index contributed by atoms with van der Waals surface area (Å²) in [6.07, 6.45) is 0. The van der Waals surface area contributed by atoms with Crippen LogP contribution in [0, 0.1) is 0 Å². The fourth-order valence-electron chi connectivity index (χ4n) is 4.31. The predicted molar refractivity (Wildman–Crippen MR) is 143 cm³/mol. The predicted octanol–water partition coefficient (Wildman–Crippen LogP) is 5.06. The molecule has 8 nitrogen and oxygen atoms in total. The first-order chi connectivity index (χ1) is 17.7. The summed E-state index contributed by atoms with van der Waals surface area (Å²) in [4.78, 5) is 30.2. The molecule has 1 fully saturated rings. The molecule has 0 aliphatic carbocycles. The van der Waals surface area contributed by atoms with Crippen molar-refractivity contribution in [3.63, 3.8) is 0 Å². The Morgan fingerprint density at radius 1 is 0.892 bits per heavy atom. The van der Waals surface area contributed by atoms with Gasteiger partial charge < -0.3 is 24.2 Å². The van der Waals surface area contributed by atoms with Crippen molar-refractivity contribution < 1.29 is 28.9 Å². The number of hydrogen-bond donors (Lipinski definition) is 1. The highest BCUT2D eigenvalue weighted by atomic mass is 35.5. The van der Waals surface area contributed by atoms with E-state index >= 15 is 0 Å². The van der Waals surface area contributed by atoms with Crippen LogP contribution in [0.3, 0.4) is 0 Å². The molecule has 1 heterocycles. The number of aliphatic hydroxyl groups is 1. The molecule has 0 aromatic heterocycles. The third-order valence-electron chi connectivity index (χ3n) is 6.25. The van der Waals surface area contributed by atoms with Gasteiger partial charge in [-0.2, -0.15) is 0 Å². The van der Waals surface area contributed by atoms with Crippen LogP contribution in [0.15, 0.2) is 66.2 Å². The highest BCUT2D eigenvalue weighted by Crippen LogP contribution is 2.45. The van der Waals surface area contributed by atoms with Gasteiger partial charge in [-0.3, -0.25) is 14.5 Å². The maximum absolute atomic E-state index is 13.5. The second kappa shape index (κ2) is 10.4. The molecule has 3 aromatic carbocycles. The Kier molecular flexibility index (Phi) is 7.31. The molecule has 1 unspecified atom stereocenters. The van der Waals surface area contributed by atoms with E-state index in [4.69, 9.17) is 25.8 Å². The lowest BCUT2D eigenvalue weighted by Gasteiger charge is -2.26. The molecule has 1 aliphatic heterocycles. The third-order valence-corrected chi connectivity index (χ3v) is 6.54. The summed E-state index contributed by atoms with van der Waals surface area (Å²) in [6.45, 7) is 0. The summed E-state index contributed by atoms with van der Waals surface area (Å²) in [6, 6.07) is 16.1. The zero-order valence-corrected chi connectivity index (χ0v) is 21.9. The summed E-state index contributed by atoms with van der Waals surface area (Å²) in [5.74, 6) is -0.755. The van der Waals surface area contributed by atoms with Crippen LogP contribution in [-0.4, -0.2) is 52.2 Å². The zero-order valence-electron chi connectivity index (χ0n) is 21.1. The molecular formula is C28H27ClN2O6. The number of aliphatic hydroxyl groups excluding tert-OH is 1. The topological polar surface area (TPSA) is 88.5 Å². The van der Waals surface area contributed by atoms with E-state index in [-0.39, 0.29) is 27.7 Å². The molecule has 9 heteroatoms. The number of anilines is 2. The van der Waals surface area contributed by atoms with Gasteiger partial charge in [0.15, 0.2) is 0 Å². The molecular weight excluding hydrogens is 496 g/mol. The van der Waals surface area contributed by atoms with E-state index in [9.17, 15) is 14.7 Å². The van der Waals surface area contributed by atoms with E-state index < -0.39 is 17.7 Å². The Bertz CT molecular complexity index is 1380. The van der Waals surface area contributed by atoms with Crippen molar-refractivity contribution in [3.8, 4) is 17.2 Å². The van der Waals surface area contributed by atoms with Crippen molar-refractivity contribution in [2.45, 2.75) is 6.04 Å². The molecule has 1 saturated heterocycles. The van der Waals surface area contributed by atoms with E-state index in [2.05, 4.69) is 0 Å². The Morgan fingerprint density at radius 3 is 2.14 bits per heavy atom. The maximum Gasteiger partial charge on any atom is 0.300 e. The minimum atomic E-state index is -0.924. The highest BCUT2D eigenvalue weighted by Gasteiger charge is 2.47. The number of Topliss-reactive ketones (excluding diaryl/α,β-unsaturated/α-hetero) is 1. The number of ketones is 1. The van der Waals surface area contributed by atoms with Crippen molar-refractivity contribution in [1.82, 2.24) is 0 Å². The summed E-state index contributed by atoms with van der Waals surface area (Å²) in [5.41, 5.74) is 2.13. The van der Waals surface area contributed by atoms with Gasteiger partial charge in [0, 0.05) is 31.5 Å². The van der Waals surface area contributed by atoms with Gasteiger partial charge in [0.25, 0.3) is 11.7 Å². The Morgan fingerprint density at radius 2 is 1.57 bits per heavy atom. The fourth-order valence-corrected chi connectivity index (χ4v) is 4.57. The fraction of sp³-hybridized carbons (Fsp3) is 0.214. The largest absolute Gasteiger partial charge is 0.507 e. The average Bonchev–Trinajstić information content (AvgIpc) is 3.17. The Hall–Kier alpha value is -4.17. The molecule has 1 atom stereocenters. The number of benzene rings is 3. The lowest BCUT2D eigenvalue weighted by molar-refractivity contribution is -0.132. The van der Waals surface area contributed by atoms with Gasteiger partial charge in [-0.15, -0.1) is 0 Å². The number of carbonyl (C=O) groups excluding carboxylic acids is 2. The number of amides is 1. The van der Waals surface area contributed by atoms with Gasteiger partial charge >= 0.3 is 0 Å². The standard InChI is InChI=1S/C28H27ClN2O6/c1-30(2)17-8-6-16(7-9-17)25-24(26(32)20-12-11-19(35-3)15-23(20)37-5)27(33)28(34)31(25)18-10-13-22(36-4)21(29)14-18/h6-15,25,32H,1-5H3/b26-24-. The monoisotopic (exact) mass is 522 g/mol. The van der Waals surface area contributed by atoms with E-state index in [1.54, 1.807) is 36.4 Å². The van der Waals surface area contributed by atoms with E-state index in [0.717, 1.165) is 5.69 Å². The number of rotatable bonds is 7. The molecule has 0 spiro atoms. The summed E-state index contributed by atoms with van der Waals surface area (Å²) in [5, 5.41) is 11.7. The van der Waals surface area contributed by atoms with Crippen molar-refractivity contribution in [3.05, 3.63) is 82.4 Å². The molecule has 4 rings (SSSR count).